The first-order valence-corrected chi connectivity index (χ1v) is 12.1. The molecule has 10 nitrogen and oxygen atoms in total. The van der Waals surface area contributed by atoms with Crippen molar-refractivity contribution in [3.8, 4) is 5.69 Å². The number of rotatable bonds is 5. The Morgan fingerprint density at radius 2 is 1.95 bits per heavy atom. The van der Waals surface area contributed by atoms with Crippen LogP contribution < -0.4 is 10.2 Å². The van der Waals surface area contributed by atoms with E-state index in [0.717, 1.165) is 11.3 Å². The Morgan fingerprint density at radius 3 is 2.68 bits per heavy atom. The molecule has 2 aromatic carbocycles. The minimum atomic E-state index is -0.949. The lowest BCUT2D eigenvalue weighted by Gasteiger charge is -2.39. The molecule has 1 unspecified atom stereocenters. The Balaban J connectivity index is 1.52. The van der Waals surface area contributed by atoms with E-state index in [1.54, 1.807) is 18.3 Å². The van der Waals surface area contributed by atoms with Gasteiger partial charge >= 0.3 is 12.2 Å². The van der Waals surface area contributed by atoms with Gasteiger partial charge in [-0.2, -0.15) is 0 Å². The predicted molar refractivity (Wildman–Crippen MR) is 141 cm³/mol. The van der Waals surface area contributed by atoms with E-state index in [4.69, 9.17) is 16.3 Å². The smallest absolute Gasteiger partial charge is 0.412 e. The highest BCUT2D eigenvalue weighted by atomic mass is 35.5. The molecule has 1 atom stereocenters. The summed E-state index contributed by atoms with van der Waals surface area (Å²) in [5.41, 5.74) is 2.67. The van der Waals surface area contributed by atoms with Crippen molar-refractivity contribution >= 4 is 46.3 Å². The third kappa shape index (κ3) is 5.14. The van der Waals surface area contributed by atoms with Crippen LogP contribution >= 0.6 is 11.6 Å². The minimum Gasteiger partial charge on any atom is -0.465 e. The maximum absolute atomic E-state index is 12.8. The molecule has 2 amide bonds. The molecule has 0 aliphatic carbocycles. The average molecular weight is 521 g/mol. The molecule has 2 N–H and O–H groups in total. The summed E-state index contributed by atoms with van der Waals surface area (Å²) in [7, 11) is 0. The molecule has 5 rings (SSSR count). The topological polar surface area (TPSA) is 113 Å². The molecule has 37 heavy (non-hydrogen) atoms. The number of fused-ring (bicyclic) bond motifs is 1. The highest BCUT2D eigenvalue weighted by Gasteiger charge is 2.30. The van der Waals surface area contributed by atoms with Crippen LogP contribution in [-0.4, -0.2) is 62.4 Å². The van der Waals surface area contributed by atoms with Crippen molar-refractivity contribution in [1.82, 2.24) is 19.4 Å². The van der Waals surface area contributed by atoms with Gasteiger partial charge in [0.15, 0.2) is 5.65 Å². The standard InChI is InChI=1S/C26H25ClN6O4/c1-17-13-31(26(35)36)10-11-32(17)23-22-21(30-25(34)37-15-18-6-3-2-4-7-18)14-33(24(22)29-16-28-23)20-9-5-8-19(27)12-20/h2-9,12,14,16-17H,10-11,13,15H2,1H3,(H,30,34)(H,35,36). The molecule has 0 bridgehead atoms. The third-order valence-corrected chi connectivity index (χ3v) is 6.50. The van der Waals surface area contributed by atoms with Gasteiger partial charge < -0.3 is 19.6 Å². The number of amides is 2. The zero-order valence-electron chi connectivity index (χ0n) is 20.0. The van der Waals surface area contributed by atoms with Crippen LogP contribution in [0.3, 0.4) is 0 Å². The SMILES string of the molecule is CC1CN(C(=O)O)CCN1c1ncnc2c1c(NC(=O)OCc1ccccc1)cn2-c1cccc(Cl)c1. The van der Waals surface area contributed by atoms with Gasteiger partial charge in [0.1, 0.15) is 18.8 Å². The molecule has 0 radical (unpaired) electrons. The quantitative estimate of drug-likeness (QED) is 0.380. The zero-order chi connectivity index (χ0) is 25.9. The lowest BCUT2D eigenvalue weighted by molar-refractivity contribution is 0.136. The van der Waals surface area contributed by atoms with Crippen molar-refractivity contribution < 1.29 is 19.4 Å². The maximum atomic E-state index is 12.8. The summed E-state index contributed by atoms with van der Waals surface area (Å²) >= 11 is 6.25. The zero-order valence-corrected chi connectivity index (χ0v) is 20.8. The molecule has 3 heterocycles. The van der Waals surface area contributed by atoms with Gasteiger partial charge in [-0.05, 0) is 30.7 Å². The molecule has 1 fully saturated rings. The molecular formula is C26H25ClN6O4. The lowest BCUT2D eigenvalue weighted by Crippen LogP contribution is -2.53. The number of nitrogens with one attached hydrogen (secondary N) is 1. The molecule has 1 aliphatic rings. The van der Waals surface area contributed by atoms with E-state index in [9.17, 15) is 14.7 Å². The van der Waals surface area contributed by atoms with Crippen molar-refractivity contribution in [1.29, 1.82) is 0 Å². The Morgan fingerprint density at radius 1 is 1.14 bits per heavy atom. The molecule has 11 heteroatoms. The number of carbonyl (C=O) groups excluding carboxylic acids is 1. The van der Waals surface area contributed by atoms with Crippen LogP contribution in [0, 0.1) is 0 Å². The van der Waals surface area contributed by atoms with Crippen LogP contribution in [0.25, 0.3) is 16.7 Å². The van der Waals surface area contributed by atoms with Crippen LogP contribution in [-0.2, 0) is 11.3 Å². The van der Waals surface area contributed by atoms with Gasteiger partial charge in [-0.1, -0.05) is 48.0 Å². The summed E-state index contributed by atoms with van der Waals surface area (Å²) in [6.07, 6.45) is 1.66. The number of hydrogen-bond donors (Lipinski definition) is 2. The Labute approximate surface area is 218 Å². The van der Waals surface area contributed by atoms with Crippen molar-refractivity contribution in [3.05, 3.63) is 77.7 Å². The average Bonchev–Trinajstić information content (AvgIpc) is 3.26. The molecule has 1 aliphatic heterocycles. The Kier molecular flexibility index (Phi) is 6.82. The first-order chi connectivity index (χ1) is 17.9. The number of benzene rings is 2. The summed E-state index contributed by atoms with van der Waals surface area (Å²) in [4.78, 5) is 36.8. The van der Waals surface area contributed by atoms with Crippen molar-refractivity contribution in [2.45, 2.75) is 19.6 Å². The van der Waals surface area contributed by atoms with E-state index in [1.807, 2.05) is 58.9 Å². The predicted octanol–water partition coefficient (Wildman–Crippen LogP) is 5.01. The summed E-state index contributed by atoms with van der Waals surface area (Å²) in [5, 5.41) is 13.5. The van der Waals surface area contributed by atoms with E-state index in [0.29, 0.717) is 47.2 Å². The van der Waals surface area contributed by atoms with Crippen LogP contribution in [0.1, 0.15) is 12.5 Å². The number of piperazine rings is 1. The van der Waals surface area contributed by atoms with Crippen molar-refractivity contribution in [2.75, 3.05) is 29.9 Å². The highest BCUT2D eigenvalue weighted by Crippen LogP contribution is 2.36. The van der Waals surface area contributed by atoms with Gasteiger partial charge in [0, 0.05) is 42.6 Å². The fourth-order valence-electron chi connectivity index (χ4n) is 4.50. The number of anilines is 2. The van der Waals surface area contributed by atoms with E-state index in [1.165, 1.54) is 11.2 Å². The first-order valence-electron chi connectivity index (χ1n) is 11.7. The van der Waals surface area contributed by atoms with Crippen molar-refractivity contribution in [3.63, 3.8) is 0 Å². The minimum absolute atomic E-state index is 0.122. The normalized spacial score (nSPS) is 15.6. The fourth-order valence-corrected chi connectivity index (χ4v) is 4.68. The highest BCUT2D eigenvalue weighted by molar-refractivity contribution is 6.30. The maximum Gasteiger partial charge on any atom is 0.412 e. The molecule has 1 saturated heterocycles. The molecular weight excluding hydrogens is 496 g/mol. The number of halogens is 1. The number of nitrogens with zero attached hydrogens (tertiary/aromatic N) is 5. The van der Waals surface area contributed by atoms with Gasteiger partial charge in [0.25, 0.3) is 0 Å². The monoisotopic (exact) mass is 520 g/mol. The molecule has 0 spiro atoms. The van der Waals surface area contributed by atoms with Gasteiger partial charge in [0.05, 0.1) is 11.1 Å². The fraction of sp³-hybridized carbons (Fsp3) is 0.231. The summed E-state index contributed by atoms with van der Waals surface area (Å²) in [6.45, 7) is 3.18. The molecule has 190 valence electrons. The van der Waals surface area contributed by atoms with Crippen LogP contribution in [0.2, 0.25) is 5.02 Å². The number of hydrogen-bond acceptors (Lipinski definition) is 6. The van der Waals surface area contributed by atoms with Crippen LogP contribution in [0.4, 0.5) is 21.1 Å². The first kappa shape index (κ1) is 24.4. The second kappa shape index (κ2) is 10.4. The summed E-state index contributed by atoms with van der Waals surface area (Å²) < 4.78 is 7.29. The molecule has 4 aromatic rings. The largest absolute Gasteiger partial charge is 0.465 e. The summed E-state index contributed by atoms with van der Waals surface area (Å²) in [5.74, 6) is 0.599. The van der Waals surface area contributed by atoms with Gasteiger partial charge in [-0.25, -0.2) is 19.6 Å². The van der Waals surface area contributed by atoms with Gasteiger partial charge in [0.2, 0.25) is 0 Å². The van der Waals surface area contributed by atoms with E-state index in [2.05, 4.69) is 15.3 Å². The Bertz CT molecular complexity index is 1440. The van der Waals surface area contributed by atoms with Crippen LogP contribution in [0.5, 0.6) is 0 Å². The van der Waals surface area contributed by atoms with Gasteiger partial charge in [-0.15, -0.1) is 0 Å². The van der Waals surface area contributed by atoms with Crippen molar-refractivity contribution in [2.24, 2.45) is 0 Å². The number of carbonyl (C=O) groups is 2. The number of ether oxygens (including phenoxy) is 1. The van der Waals surface area contributed by atoms with E-state index >= 15 is 0 Å². The summed E-state index contributed by atoms with van der Waals surface area (Å²) in [6, 6.07) is 16.6. The second-order valence-electron chi connectivity index (χ2n) is 8.75. The number of carboxylic acid groups (broad SMARTS) is 1. The third-order valence-electron chi connectivity index (χ3n) is 6.27. The van der Waals surface area contributed by atoms with Crippen LogP contribution in [0.15, 0.2) is 67.1 Å². The van der Waals surface area contributed by atoms with E-state index < -0.39 is 12.2 Å². The molecule has 2 aromatic heterocycles. The van der Waals surface area contributed by atoms with Gasteiger partial charge in [-0.3, -0.25) is 9.88 Å². The Hall–Kier alpha value is -4.31. The van der Waals surface area contributed by atoms with E-state index in [-0.39, 0.29) is 12.6 Å². The second-order valence-corrected chi connectivity index (χ2v) is 9.18. The number of aromatic nitrogens is 3. The molecule has 0 saturated carbocycles. The lowest BCUT2D eigenvalue weighted by atomic mass is 10.1.